The third-order valence-corrected chi connectivity index (χ3v) is 0.316. The molecule has 5 heavy (non-hydrogen) atoms. The van der Waals surface area contributed by atoms with E-state index in [1.807, 2.05) is 0 Å². The first-order chi connectivity index (χ1) is 2.41. The zero-order valence-electron chi connectivity index (χ0n) is 3.02. The van der Waals surface area contributed by atoms with Gasteiger partial charge < -0.3 is 10.0 Å². The fourth-order valence-electron chi connectivity index (χ4n) is 0.0707. The van der Waals surface area contributed by atoms with Crippen molar-refractivity contribution in [3.8, 4) is 0 Å². The van der Waals surface area contributed by atoms with Gasteiger partial charge in [-0.2, -0.15) is 0 Å². The Bertz CT molecular complexity index is 15.1. The van der Waals surface area contributed by atoms with Crippen molar-refractivity contribution in [3.05, 3.63) is 0 Å². The first kappa shape index (κ1) is 5.05. The van der Waals surface area contributed by atoms with Crippen molar-refractivity contribution in [1.82, 2.24) is 0 Å². The average Bonchev–Trinajstić information content (AvgIpc) is 1.41. The molecule has 0 aromatic rings. The molecule has 0 aromatic carbocycles. The van der Waals surface area contributed by atoms with E-state index in [9.17, 15) is 0 Å². The second-order valence-electron chi connectivity index (χ2n) is 0.801. The van der Waals surface area contributed by atoms with Gasteiger partial charge in [-0.3, -0.25) is 0 Å². The molecule has 0 amide bonds. The maximum absolute atomic E-state index is 7.91. The van der Waals surface area contributed by atoms with Gasteiger partial charge in [-0.05, 0) is 6.22 Å². The summed E-state index contributed by atoms with van der Waals surface area (Å²) < 4.78 is 0. The summed E-state index contributed by atoms with van der Waals surface area (Å²) in [7, 11) is 0.188. The second-order valence-corrected chi connectivity index (χ2v) is 0.801. The summed E-state index contributed by atoms with van der Waals surface area (Å²) in [6.07, 6.45) is 0.500. The molecule has 2 nitrogen and oxygen atoms in total. The van der Waals surface area contributed by atoms with Gasteiger partial charge in [0.25, 0.3) is 15.0 Å². The minimum Gasteiger partial charge on any atom is -0.455 e. The summed E-state index contributed by atoms with van der Waals surface area (Å²) in [6.45, 7) is 0. The molecule has 28 valence electrons. The minimum absolute atomic E-state index is 0.0938. The van der Waals surface area contributed by atoms with Gasteiger partial charge in [0.05, 0.1) is 0 Å². The fraction of sp³-hybridized carbons (Fsp3) is 1.00. The quantitative estimate of drug-likeness (QED) is 0.372. The Labute approximate surface area is 32.4 Å². The Morgan fingerprint density at radius 2 is 1.60 bits per heavy atom. The second kappa shape index (κ2) is 4.05. The van der Waals surface area contributed by atoms with E-state index < -0.39 is 0 Å². The van der Waals surface area contributed by atoms with E-state index in [2.05, 4.69) is 0 Å². The summed E-state index contributed by atoms with van der Waals surface area (Å²) in [4.78, 5) is 0. The van der Waals surface area contributed by atoms with Crippen LogP contribution in [0.4, 0.5) is 0 Å². The van der Waals surface area contributed by atoms with Crippen molar-refractivity contribution in [2.24, 2.45) is 0 Å². The normalized spacial score (nSPS) is 6.80. The smallest absolute Gasteiger partial charge is 0.265 e. The average molecular weight is 71.7 g/mol. The Morgan fingerprint density at radius 3 is 1.60 bits per heavy atom. The molecule has 0 unspecified atom stereocenters. The lowest BCUT2D eigenvalue weighted by Gasteiger charge is -1.72. The van der Waals surface area contributed by atoms with E-state index in [-0.39, 0.29) is 15.0 Å². The Kier molecular flexibility index (Phi) is 4.09. The van der Waals surface area contributed by atoms with Gasteiger partial charge in [-0.1, -0.05) is 0 Å². The molecule has 0 fully saturated rings. The highest BCUT2D eigenvalue weighted by Gasteiger charge is 1.80. The van der Waals surface area contributed by atoms with Crippen molar-refractivity contribution in [3.63, 3.8) is 0 Å². The minimum atomic E-state index is 0.0938. The van der Waals surface area contributed by atoms with Crippen molar-refractivity contribution in [2.75, 3.05) is 0 Å². The first-order valence-corrected chi connectivity index (χ1v) is 1.63. The van der Waals surface area contributed by atoms with Crippen LogP contribution in [0.15, 0.2) is 0 Å². The molecule has 2 N–H and O–H groups in total. The lowest BCUT2D eigenvalue weighted by atomic mass is 9.76. The van der Waals surface area contributed by atoms with Crippen molar-refractivity contribution in [2.45, 2.75) is 6.22 Å². The third kappa shape index (κ3) is 4.05. The Morgan fingerprint density at radius 1 is 1.20 bits per heavy atom. The Balaban J connectivity index is 2.19. The largest absolute Gasteiger partial charge is 0.455 e. The molecule has 4 heteroatoms. The van der Waals surface area contributed by atoms with Crippen LogP contribution >= 0.6 is 0 Å². The zero-order valence-corrected chi connectivity index (χ0v) is 3.02. The molecule has 0 bridgehead atoms. The van der Waals surface area contributed by atoms with Crippen LogP contribution in [-0.2, 0) is 0 Å². The SMILES string of the molecule is OBCBO. The molecule has 0 rings (SSSR count). The topological polar surface area (TPSA) is 40.5 Å². The van der Waals surface area contributed by atoms with E-state index in [1.165, 1.54) is 0 Å². The van der Waals surface area contributed by atoms with Gasteiger partial charge in [0.2, 0.25) is 0 Å². The van der Waals surface area contributed by atoms with Crippen molar-refractivity contribution >= 4 is 15.0 Å². The highest BCUT2D eigenvalue weighted by Crippen LogP contribution is 1.60. The molecule has 0 aromatic heterocycles. The van der Waals surface area contributed by atoms with Gasteiger partial charge in [0, 0.05) is 0 Å². The first-order valence-electron chi connectivity index (χ1n) is 1.63. The van der Waals surface area contributed by atoms with E-state index in [0.717, 1.165) is 0 Å². The van der Waals surface area contributed by atoms with E-state index in [0.29, 0.717) is 6.22 Å². The number of hydrogen-bond donors (Lipinski definition) is 2. The van der Waals surface area contributed by atoms with Crippen LogP contribution in [0.2, 0.25) is 6.22 Å². The molecular formula is CH6B2O2. The third-order valence-electron chi connectivity index (χ3n) is 0.316. The molecule has 0 atom stereocenters. The summed E-state index contributed by atoms with van der Waals surface area (Å²) in [5, 5.41) is 15.8. The molecule has 0 heterocycles. The van der Waals surface area contributed by atoms with Gasteiger partial charge in [-0.25, -0.2) is 0 Å². The maximum atomic E-state index is 7.91. The molecule has 0 radical (unpaired) electrons. The van der Waals surface area contributed by atoms with Gasteiger partial charge in [-0.15, -0.1) is 0 Å². The van der Waals surface area contributed by atoms with Crippen LogP contribution in [0.5, 0.6) is 0 Å². The summed E-state index contributed by atoms with van der Waals surface area (Å²) in [6, 6.07) is 0. The standard InChI is InChI=1S/CH6B2O2/c4-2-1-3-5/h2-5H,1H2. The predicted octanol–water partition coefficient (Wildman–Crippen LogP) is -1.95. The molecule has 0 saturated heterocycles. The zero-order chi connectivity index (χ0) is 4.12. The van der Waals surface area contributed by atoms with Crippen LogP contribution in [0.25, 0.3) is 0 Å². The predicted molar refractivity (Wildman–Crippen MR) is 23.5 cm³/mol. The van der Waals surface area contributed by atoms with E-state index >= 15 is 0 Å². The number of rotatable bonds is 2. The summed E-state index contributed by atoms with van der Waals surface area (Å²) in [5.41, 5.74) is 0. The molecule has 0 aliphatic rings. The highest BCUT2D eigenvalue weighted by molar-refractivity contribution is 6.46. The summed E-state index contributed by atoms with van der Waals surface area (Å²) >= 11 is 0. The molecule has 0 saturated carbocycles. The van der Waals surface area contributed by atoms with Crippen LogP contribution in [0.1, 0.15) is 0 Å². The van der Waals surface area contributed by atoms with Crippen molar-refractivity contribution < 1.29 is 10.0 Å². The maximum Gasteiger partial charge on any atom is 0.265 e. The van der Waals surface area contributed by atoms with Crippen LogP contribution < -0.4 is 0 Å². The monoisotopic (exact) mass is 72.1 g/mol. The van der Waals surface area contributed by atoms with Crippen LogP contribution in [-0.4, -0.2) is 25.0 Å². The lowest BCUT2D eigenvalue weighted by molar-refractivity contribution is 0.588. The molecule has 0 spiro atoms. The summed E-state index contributed by atoms with van der Waals surface area (Å²) in [5.74, 6) is 0. The molecular weight excluding hydrogens is 65.6 g/mol. The highest BCUT2D eigenvalue weighted by atomic mass is 16.2. The van der Waals surface area contributed by atoms with Crippen LogP contribution in [0, 0.1) is 0 Å². The van der Waals surface area contributed by atoms with Crippen molar-refractivity contribution in [1.29, 1.82) is 0 Å². The van der Waals surface area contributed by atoms with Crippen LogP contribution in [0.3, 0.4) is 0 Å². The molecule has 0 aliphatic heterocycles. The van der Waals surface area contributed by atoms with Gasteiger partial charge in [0.1, 0.15) is 0 Å². The van der Waals surface area contributed by atoms with E-state index in [4.69, 9.17) is 10.0 Å². The lowest BCUT2D eigenvalue weighted by Crippen LogP contribution is -1.93. The van der Waals surface area contributed by atoms with Gasteiger partial charge in [0.15, 0.2) is 0 Å². The molecule has 0 aliphatic carbocycles. The fourth-order valence-corrected chi connectivity index (χ4v) is 0.0707. The van der Waals surface area contributed by atoms with Gasteiger partial charge >= 0.3 is 0 Å². The number of hydrogen-bond acceptors (Lipinski definition) is 2. The van der Waals surface area contributed by atoms with E-state index in [1.54, 1.807) is 0 Å². The Hall–Kier alpha value is 0.0499.